The Morgan fingerprint density at radius 1 is 1.17 bits per heavy atom. The summed E-state index contributed by atoms with van der Waals surface area (Å²) in [5.74, 6) is 1.08. The maximum absolute atomic E-state index is 12.7. The van der Waals surface area contributed by atoms with Crippen molar-refractivity contribution >= 4 is 40.0 Å². The van der Waals surface area contributed by atoms with E-state index in [1.807, 2.05) is 49.7 Å². The molecule has 1 aliphatic carbocycles. The first-order chi connectivity index (χ1) is 16.9. The topological polar surface area (TPSA) is 95.3 Å². The van der Waals surface area contributed by atoms with Gasteiger partial charge in [0.25, 0.3) is 0 Å². The van der Waals surface area contributed by atoms with Crippen molar-refractivity contribution in [3.8, 4) is 17.1 Å². The standard InChI is InChI=1S/C25H30N4O4S2/c1-5-32-24(31)21-15(2)16(3)35-23(21)26-20(30)14-34-25-28-27-22(29(25)4)17-10-12-19(13-11-17)33-18-8-6-7-9-18/h10-13,18H,5-9,14H2,1-4H3,(H,26,30). The predicted octanol–water partition coefficient (Wildman–Crippen LogP) is 5.39. The number of amides is 1. The molecule has 0 radical (unpaired) electrons. The average Bonchev–Trinajstić information content (AvgIpc) is 3.54. The molecule has 2 heterocycles. The van der Waals surface area contributed by atoms with Gasteiger partial charge in [-0.15, -0.1) is 21.5 Å². The Balaban J connectivity index is 1.37. The number of carbonyl (C=O) groups is 2. The Bertz CT molecular complexity index is 1200. The highest BCUT2D eigenvalue weighted by atomic mass is 32.2. The lowest BCUT2D eigenvalue weighted by Crippen LogP contribution is -2.16. The lowest BCUT2D eigenvalue weighted by atomic mass is 10.1. The van der Waals surface area contributed by atoms with Gasteiger partial charge >= 0.3 is 5.97 Å². The van der Waals surface area contributed by atoms with E-state index >= 15 is 0 Å². The number of aryl methyl sites for hydroxylation is 1. The van der Waals surface area contributed by atoms with Gasteiger partial charge in [0, 0.05) is 17.5 Å². The van der Waals surface area contributed by atoms with Gasteiger partial charge in [0.2, 0.25) is 5.91 Å². The van der Waals surface area contributed by atoms with Gasteiger partial charge in [-0.25, -0.2) is 4.79 Å². The summed E-state index contributed by atoms with van der Waals surface area (Å²) in [7, 11) is 1.88. The van der Waals surface area contributed by atoms with Crippen molar-refractivity contribution in [1.82, 2.24) is 14.8 Å². The number of benzene rings is 1. The molecule has 1 aliphatic rings. The Morgan fingerprint density at radius 2 is 1.89 bits per heavy atom. The third kappa shape index (κ3) is 5.87. The molecule has 4 rings (SSSR count). The minimum absolute atomic E-state index is 0.137. The number of aromatic nitrogens is 3. The highest BCUT2D eigenvalue weighted by molar-refractivity contribution is 7.99. The van der Waals surface area contributed by atoms with E-state index in [9.17, 15) is 9.59 Å². The molecule has 0 saturated heterocycles. The van der Waals surface area contributed by atoms with E-state index in [1.54, 1.807) is 6.92 Å². The largest absolute Gasteiger partial charge is 0.490 e. The van der Waals surface area contributed by atoms with Gasteiger partial charge in [0.1, 0.15) is 10.8 Å². The summed E-state index contributed by atoms with van der Waals surface area (Å²) < 4.78 is 13.1. The van der Waals surface area contributed by atoms with Gasteiger partial charge in [-0.1, -0.05) is 11.8 Å². The number of rotatable bonds is 9. The number of ether oxygens (including phenoxy) is 2. The van der Waals surface area contributed by atoms with Crippen molar-refractivity contribution in [2.75, 3.05) is 17.7 Å². The molecular formula is C25H30N4O4S2. The first kappa shape index (κ1) is 25.2. The minimum Gasteiger partial charge on any atom is -0.490 e. The van der Waals surface area contributed by atoms with Crippen molar-refractivity contribution < 1.29 is 19.1 Å². The number of anilines is 1. The number of thioether (sulfide) groups is 1. The van der Waals surface area contributed by atoms with Gasteiger partial charge in [0.15, 0.2) is 11.0 Å². The lowest BCUT2D eigenvalue weighted by molar-refractivity contribution is -0.113. The molecule has 2 aromatic heterocycles. The van der Waals surface area contributed by atoms with Crippen molar-refractivity contribution in [3.05, 3.63) is 40.3 Å². The molecule has 186 valence electrons. The van der Waals surface area contributed by atoms with Crippen LogP contribution in [0.4, 0.5) is 5.00 Å². The summed E-state index contributed by atoms with van der Waals surface area (Å²) in [5, 5.41) is 12.6. The van der Waals surface area contributed by atoms with Gasteiger partial charge in [0.05, 0.1) is 24.0 Å². The lowest BCUT2D eigenvalue weighted by Gasteiger charge is -2.13. The average molecular weight is 515 g/mol. The van der Waals surface area contributed by atoms with Crippen LogP contribution in [0.5, 0.6) is 5.75 Å². The Hall–Kier alpha value is -2.85. The highest BCUT2D eigenvalue weighted by Gasteiger charge is 2.22. The Morgan fingerprint density at radius 3 is 2.57 bits per heavy atom. The smallest absolute Gasteiger partial charge is 0.341 e. The maximum atomic E-state index is 12.7. The predicted molar refractivity (Wildman–Crippen MR) is 138 cm³/mol. The van der Waals surface area contributed by atoms with E-state index in [0.29, 0.717) is 21.8 Å². The quantitative estimate of drug-likeness (QED) is 0.302. The summed E-state index contributed by atoms with van der Waals surface area (Å²) in [6, 6.07) is 7.89. The molecule has 1 N–H and O–H groups in total. The van der Waals surface area contributed by atoms with Crippen LogP contribution in [0.1, 0.15) is 53.4 Å². The fourth-order valence-corrected chi connectivity index (χ4v) is 5.81. The SMILES string of the molecule is CCOC(=O)c1c(NC(=O)CSc2nnc(-c3ccc(OC4CCCC4)cc3)n2C)sc(C)c1C. The monoisotopic (exact) mass is 514 g/mol. The van der Waals surface area contributed by atoms with Crippen molar-refractivity contribution in [2.45, 2.75) is 57.7 Å². The first-order valence-electron chi connectivity index (χ1n) is 11.7. The number of nitrogens with zero attached hydrogens (tertiary/aromatic N) is 3. The zero-order valence-corrected chi connectivity index (χ0v) is 22.1. The van der Waals surface area contributed by atoms with Crippen LogP contribution in [0.3, 0.4) is 0 Å². The number of thiophene rings is 1. The Labute approximate surface area is 213 Å². The number of nitrogens with one attached hydrogen (secondary N) is 1. The molecule has 0 unspecified atom stereocenters. The van der Waals surface area contributed by atoms with E-state index in [2.05, 4.69) is 15.5 Å². The summed E-state index contributed by atoms with van der Waals surface area (Å²) in [6.07, 6.45) is 5.03. The van der Waals surface area contributed by atoms with Crippen molar-refractivity contribution in [2.24, 2.45) is 7.05 Å². The molecule has 0 atom stereocenters. The molecule has 35 heavy (non-hydrogen) atoms. The Kier molecular flexibility index (Phi) is 8.12. The van der Waals surface area contributed by atoms with Crippen LogP contribution in [-0.2, 0) is 16.6 Å². The summed E-state index contributed by atoms with van der Waals surface area (Å²) in [4.78, 5) is 26.0. The minimum atomic E-state index is -0.421. The normalized spacial score (nSPS) is 13.7. The summed E-state index contributed by atoms with van der Waals surface area (Å²) in [6.45, 7) is 5.81. The van der Waals surface area contributed by atoms with E-state index < -0.39 is 5.97 Å². The molecule has 1 saturated carbocycles. The maximum Gasteiger partial charge on any atom is 0.341 e. The highest BCUT2D eigenvalue weighted by Crippen LogP contribution is 2.33. The number of carbonyl (C=O) groups excluding carboxylic acids is 2. The number of hydrogen-bond donors (Lipinski definition) is 1. The van der Waals surface area contributed by atoms with Crippen LogP contribution < -0.4 is 10.1 Å². The zero-order valence-electron chi connectivity index (χ0n) is 20.4. The molecule has 8 nitrogen and oxygen atoms in total. The van der Waals surface area contributed by atoms with Crippen LogP contribution in [0.25, 0.3) is 11.4 Å². The van der Waals surface area contributed by atoms with Gasteiger partial charge in [-0.3, -0.25) is 4.79 Å². The van der Waals surface area contributed by atoms with Gasteiger partial charge in [-0.2, -0.15) is 0 Å². The second-order valence-electron chi connectivity index (χ2n) is 8.46. The van der Waals surface area contributed by atoms with Gasteiger partial charge in [-0.05, 0) is 76.3 Å². The van der Waals surface area contributed by atoms with E-state index in [4.69, 9.17) is 9.47 Å². The molecule has 10 heteroatoms. The molecule has 0 bridgehead atoms. The second-order valence-corrected chi connectivity index (χ2v) is 10.6. The first-order valence-corrected chi connectivity index (χ1v) is 13.5. The van der Waals surface area contributed by atoms with Gasteiger partial charge < -0.3 is 19.4 Å². The van der Waals surface area contributed by atoms with Crippen LogP contribution >= 0.6 is 23.1 Å². The van der Waals surface area contributed by atoms with Crippen LogP contribution in [0.15, 0.2) is 29.4 Å². The van der Waals surface area contributed by atoms with Crippen LogP contribution in [0.2, 0.25) is 0 Å². The van der Waals surface area contributed by atoms with Crippen LogP contribution in [-0.4, -0.2) is 45.1 Å². The number of hydrogen-bond acceptors (Lipinski definition) is 8. The molecule has 3 aromatic rings. The molecule has 0 spiro atoms. The molecular weight excluding hydrogens is 484 g/mol. The second kappa shape index (κ2) is 11.3. The molecule has 1 aromatic carbocycles. The number of esters is 1. The molecule has 0 aliphatic heterocycles. The van der Waals surface area contributed by atoms with E-state index in [0.717, 1.165) is 40.4 Å². The van der Waals surface area contributed by atoms with Crippen molar-refractivity contribution in [3.63, 3.8) is 0 Å². The van der Waals surface area contributed by atoms with Crippen LogP contribution in [0, 0.1) is 13.8 Å². The van der Waals surface area contributed by atoms with Crippen molar-refractivity contribution in [1.29, 1.82) is 0 Å². The summed E-state index contributed by atoms with van der Waals surface area (Å²) >= 11 is 2.67. The fraction of sp³-hybridized carbons (Fsp3) is 0.440. The molecule has 1 fully saturated rings. The van der Waals surface area contributed by atoms with E-state index in [1.165, 1.54) is 35.9 Å². The zero-order chi connectivity index (χ0) is 24.9. The fourth-order valence-electron chi connectivity index (χ4n) is 4.03. The summed E-state index contributed by atoms with van der Waals surface area (Å²) in [5.41, 5.74) is 2.18. The van der Waals surface area contributed by atoms with E-state index in [-0.39, 0.29) is 18.3 Å². The third-order valence-corrected chi connectivity index (χ3v) is 8.15. The third-order valence-electron chi connectivity index (χ3n) is 6.00. The molecule has 1 amide bonds.